The van der Waals surface area contributed by atoms with Crippen molar-refractivity contribution in [2.75, 3.05) is 26.2 Å². The fraction of sp³-hybridized carbons (Fsp3) is 0.333. The van der Waals surface area contributed by atoms with Crippen LogP contribution in [-0.2, 0) is 4.79 Å². The van der Waals surface area contributed by atoms with Gasteiger partial charge in [-0.05, 0) is 37.1 Å². The molecule has 27 heavy (non-hydrogen) atoms. The number of rotatable bonds is 6. The number of benzene rings is 2. The molecule has 1 atom stereocenters. The lowest BCUT2D eigenvalue weighted by molar-refractivity contribution is -0.126. The van der Waals surface area contributed by atoms with E-state index >= 15 is 0 Å². The molecule has 0 saturated carbocycles. The van der Waals surface area contributed by atoms with Crippen LogP contribution in [0.4, 0.5) is 0 Å². The molecule has 3 rings (SSSR count). The zero-order chi connectivity index (χ0) is 19.1. The first-order valence-corrected chi connectivity index (χ1v) is 10.1. The number of hydrogen-bond acceptors (Lipinski definition) is 4. The van der Waals surface area contributed by atoms with Crippen LogP contribution >= 0.6 is 11.8 Å². The van der Waals surface area contributed by atoms with Gasteiger partial charge in [-0.3, -0.25) is 9.59 Å². The minimum atomic E-state index is -0.164. The van der Waals surface area contributed by atoms with Gasteiger partial charge in [-0.2, -0.15) is 0 Å². The monoisotopic (exact) mass is 383 g/mol. The Hall–Kier alpha value is -2.31. The quantitative estimate of drug-likeness (QED) is 0.804. The highest BCUT2D eigenvalue weighted by molar-refractivity contribution is 7.99. The van der Waals surface area contributed by atoms with E-state index in [0.717, 1.165) is 22.6 Å². The van der Waals surface area contributed by atoms with Crippen molar-refractivity contribution >= 4 is 23.6 Å². The standard InChI is InChI=1S/C21H25N3O2S/c22-12-13-23-20(25)16-7-6-14-24(15-16)21(26)18-10-4-5-11-19(18)27-17-8-2-1-3-9-17/h1-5,8-11,16H,6-7,12-15,22H2,(H,23,25). The van der Waals surface area contributed by atoms with Gasteiger partial charge in [0.1, 0.15) is 0 Å². The molecule has 2 aromatic carbocycles. The normalized spacial score (nSPS) is 16.8. The van der Waals surface area contributed by atoms with Crippen molar-refractivity contribution in [1.82, 2.24) is 10.2 Å². The maximum Gasteiger partial charge on any atom is 0.255 e. The first-order chi connectivity index (χ1) is 13.2. The highest BCUT2D eigenvalue weighted by atomic mass is 32.2. The third kappa shape index (κ3) is 5.11. The highest BCUT2D eigenvalue weighted by Gasteiger charge is 2.29. The summed E-state index contributed by atoms with van der Waals surface area (Å²) in [4.78, 5) is 29.2. The first-order valence-electron chi connectivity index (χ1n) is 9.28. The lowest BCUT2D eigenvalue weighted by Crippen LogP contribution is -2.46. The zero-order valence-electron chi connectivity index (χ0n) is 15.3. The van der Waals surface area contributed by atoms with Crippen LogP contribution in [0.15, 0.2) is 64.4 Å². The topological polar surface area (TPSA) is 75.4 Å². The van der Waals surface area contributed by atoms with E-state index in [1.807, 2.05) is 54.6 Å². The summed E-state index contributed by atoms with van der Waals surface area (Å²) in [7, 11) is 0. The minimum Gasteiger partial charge on any atom is -0.355 e. The van der Waals surface area contributed by atoms with Crippen molar-refractivity contribution in [2.45, 2.75) is 22.6 Å². The Morgan fingerprint density at radius 3 is 2.63 bits per heavy atom. The van der Waals surface area contributed by atoms with Gasteiger partial charge in [-0.15, -0.1) is 0 Å². The number of carbonyl (C=O) groups excluding carboxylic acids is 2. The molecule has 5 nitrogen and oxygen atoms in total. The van der Waals surface area contributed by atoms with Crippen LogP contribution in [0.2, 0.25) is 0 Å². The second kappa shape index (κ2) is 9.58. The van der Waals surface area contributed by atoms with Crippen molar-refractivity contribution in [3.05, 3.63) is 60.2 Å². The third-order valence-corrected chi connectivity index (χ3v) is 5.70. The summed E-state index contributed by atoms with van der Waals surface area (Å²) < 4.78 is 0. The van der Waals surface area contributed by atoms with Crippen molar-refractivity contribution < 1.29 is 9.59 Å². The number of likely N-dealkylation sites (tertiary alicyclic amines) is 1. The van der Waals surface area contributed by atoms with Crippen LogP contribution in [0.5, 0.6) is 0 Å². The van der Waals surface area contributed by atoms with Gasteiger partial charge in [0.15, 0.2) is 0 Å². The molecule has 6 heteroatoms. The van der Waals surface area contributed by atoms with Gasteiger partial charge < -0.3 is 16.0 Å². The summed E-state index contributed by atoms with van der Waals surface area (Å²) in [6, 6.07) is 17.7. The fourth-order valence-electron chi connectivity index (χ4n) is 3.23. The molecule has 1 heterocycles. The van der Waals surface area contributed by atoms with Gasteiger partial charge in [-0.1, -0.05) is 42.1 Å². The van der Waals surface area contributed by atoms with Crippen molar-refractivity contribution in [3.63, 3.8) is 0 Å². The molecule has 2 amide bonds. The Balaban J connectivity index is 1.73. The average Bonchev–Trinajstić information content (AvgIpc) is 2.73. The van der Waals surface area contributed by atoms with E-state index in [0.29, 0.717) is 31.7 Å². The molecular weight excluding hydrogens is 358 g/mol. The Bertz CT molecular complexity index is 782. The molecular formula is C21H25N3O2S. The van der Waals surface area contributed by atoms with Crippen LogP contribution in [-0.4, -0.2) is 42.9 Å². The van der Waals surface area contributed by atoms with Crippen molar-refractivity contribution in [2.24, 2.45) is 11.7 Å². The molecule has 1 saturated heterocycles. The van der Waals surface area contributed by atoms with Crippen LogP contribution in [0, 0.1) is 5.92 Å². The number of nitrogens with zero attached hydrogens (tertiary/aromatic N) is 1. The summed E-state index contributed by atoms with van der Waals surface area (Å²) in [6.07, 6.45) is 1.64. The molecule has 1 aliphatic heterocycles. The Morgan fingerprint density at radius 1 is 1.11 bits per heavy atom. The average molecular weight is 384 g/mol. The van der Waals surface area contributed by atoms with Crippen LogP contribution in [0.1, 0.15) is 23.2 Å². The predicted molar refractivity (Wildman–Crippen MR) is 108 cm³/mol. The zero-order valence-corrected chi connectivity index (χ0v) is 16.1. The van der Waals surface area contributed by atoms with Crippen LogP contribution < -0.4 is 11.1 Å². The van der Waals surface area contributed by atoms with E-state index in [1.165, 1.54) is 0 Å². The van der Waals surface area contributed by atoms with Crippen molar-refractivity contribution in [1.29, 1.82) is 0 Å². The molecule has 1 aliphatic rings. The van der Waals surface area contributed by atoms with Crippen molar-refractivity contribution in [3.8, 4) is 0 Å². The number of nitrogens with one attached hydrogen (secondary N) is 1. The van der Waals surface area contributed by atoms with Crippen LogP contribution in [0.25, 0.3) is 0 Å². The van der Waals surface area contributed by atoms with E-state index in [2.05, 4.69) is 5.32 Å². The molecule has 0 radical (unpaired) electrons. The second-order valence-electron chi connectivity index (χ2n) is 6.58. The van der Waals surface area contributed by atoms with Gasteiger partial charge >= 0.3 is 0 Å². The number of nitrogens with two attached hydrogens (primary N) is 1. The molecule has 0 aromatic heterocycles. The fourth-order valence-corrected chi connectivity index (χ4v) is 4.19. The Kier molecular flexibility index (Phi) is 6.90. The third-order valence-electron chi connectivity index (χ3n) is 4.61. The van der Waals surface area contributed by atoms with Gasteiger partial charge in [0.25, 0.3) is 5.91 Å². The molecule has 2 aromatic rings. The number of hydrogen-bond donors (Lipinski definition) is 2. The number of amides is 2. The Morgan fingerprint density at radius 2 is 1.85 bits per heavy atom. The molecule has 3 N–H and O–H groups in total. The molecule has 142 valence electrons. The van der Waals surface area contributed by atoms with Gasteiger partial charge in [0.2, 0.25) is 5.91 Å². The molecule has 1 fully saturated rings. The molecule has 0 aliphatic carbocycles. The lowest BCUT2D eigenvalue weighted by atomic mass is 9.96. The summed E-state index contributed by atoms with van der Waals surface area (Å²) in [5, 5.41) is 2.84. The van der Waals surface area contributed by atoms with Gasteiger partial charge in [0.05, 0.1) is 11.5 Å². The maximum absolute atomic E-state index is 13.2. The summed E-state index contributed by atoms with van der Waals surface area (Å²) in [5.41, 5.74) is 6.15. The van der Waals surface area contributed by atoms with E-state index in [4.69, 9.17) is 5.73 Å². The molecule has 0 bridgehead atoms. The van der Waals surface area contributed by atoms with E-state index in [-0.39, 0.29) is 17.7 Å². The minimum absolute atomic E-state index is 0.00893. The van der Waals surface area contributed by atoms with Gasteiger partial charge in [-0.25, -0.2) is 0 Å². The second-order valence-corrected chi connectivity index (χ2v) is 7.70. The molecule has 0 spiro atoms. The van der Waals surface area contributed by atoms with Crippen LogP contribution in [0.3, 0.4) is 0 Å². The molecule has 1 unspecified atom stereocenters. The van der Waals surface area contributed by atoms with Gasteiger partial charge in [0, 0.05) is 36.0 Å². The highest BCUT2D eigenvalue weighted by Crippen LogP contribution is 2.31. The summed E-state index contributed by atoms with van der Waals surface area (Å²) in [6.45, 7) is 2.04. The first kappa shape index (κ1) is 19.5. The Labute approximate surface area is 164 Å². The van der Waals surface area contributed by atoms with E-state index in [9.17, 15) is 9.59 Å². The lowest BCUT2D eigenvalue weighted by Gasteiger charge is -2.32. The smallest absolute Gasteiger partial charge is 0.255 e. The predicted octanol–water partition coefficient (Wildman–Crippen LogP) is 2.76. The number of carbonyl (C=O) groups is 2. The SMILES string of the molecule is NCCNC(=O)C1CCCN(C(=O)c2ccccc2Sc2ccccc2)C1. The maximum atomic E-state index is 13.2. The summed E-state index contributed by atoms with van der Waals surface area (Å²) >= 11 is 1.58. The largest absolute Gasteiger partial charge is 0.355 e. The summed E-state index contributed by atoms with van der Waals surface area (Å²) in [5.74, 6) is -0.182. The van der Waals surface area contributed by atoms with E-state index < -0.39 is 0 Å². The van der Waals surface area contributed by atoms with E-state index in [1.54, 1.807) is 16.7 Å². The number of piperidine rings is 1.